The molecule has 0 atom stereocenters. The summed E-state index contributed by atoms with van der Waals surface area (Å²) in [6.07, 6.45) is -0.500. The first-order chi connectivity index (χ1) is 12.7. The highest BCUT2D eigenvalue weighted by Gasteiger charge is 2.05. The van der Waals surface area contributed by atoms with Crippen molar-refractivity contribution >= 4 is 0 Å². The van der Waals surface area contributed by atoms with Crippen LogP contribution in [0.25, 0.3) is 0 Å². The Hall–Kier alpha value is -1.80. The maximum atomic E-state index is 8.72. The molecular weight excluding hydrogens is 332 g/mol. The molecule has 0 aliphatic carbocycles. The van der Waals surface area contributed by atoms with Gasteiger partial charge in [0, 0.05) is 13.1 Å². The Kier molecular flexibility index (Phi) is 12.3. The molecule has 0 heterocycles. The molecule has 0 aromatic heterocycles. The molecule has 2 aromatic rings. The average Bonchev–Trinajstić information content (AvgIpc) is 2.71. The topological polar surface area (TPSA) is 111 Å². The highest BCUT2D eigenvalue weighted by Crippen LogP contribution is 2.03. The van der Waals surface area contributed by atoms with E-state index in [4.69, 9.17) is 31.2 Å². The fraction of sp³-hybridized carbons (Fsp3) is 0.400. The lowest BCUT2D eigenvalue weighted by Crippen LogP contribution is -2.31. The Labute approximate surface area is 155 Å². The van der Waals surface area contributed by atoms with Crippen LogP contribution in [0.1, 0.15) is 11.1 Å². The number of ether oxygens (including phenoxy) is 2. The van der Waals surface area contributed by atoms with Gasteiger partial charge in [-0.2, -0.15) is 0 Å². The molecule has 0 fully saturated rings. The predicted molar refractivity (Wildman–Crippen MR) is 102 cm³/mol. The Balaban J connectivity index is 0.000000260. The van der Waals surface area contributed by atoms with Crippen molar-refractivity contribution in [2.45, 2.75) is 25.4 Å². The van der Waals surface area contributed by atoms with Crippen molar-refractivity contribution in [2.75, 3.05) is 26.3 Å². The lowest BCUT2D eigenvalue weighted by Gasteiger charge is -2.13. The molecule has 0 bridgehead atoms. The van der Waals surface area contributed by atoms with Gasteiger partial charge in [-0.15, -0.1) is 0 Å². The number of rotatable bonds is 10. The molecule has 0 aliphatic heterocycles. The van der Waals surface area contributed by atoms with Gasteiger partial charge in [0.05, 0.1) is 32.5 Å². The number of hydrogen-bond donors (Lipinski definition) is 4. The van der Waals surface area contributed by atoms with Crippen LogP contribution in [0.5, 0.6) is 0 Å². The van der Waals surface area contributed by atoms with Crippen molar-refractivity contribution in [3.05, 3.63) is 71.8 Å². The van der Waals surface area contributed by atoms with E-state index in [9.17, 15) is 0 Å². The van der Waals surface area contributed by atoms with Gasteiger partial charge in [0.25, 0.3) is 0 Å². The summed E-state index contributed by atoms with van der Waals surface area (Å²) in [5, 5.41) is 17.4. The van der Waals surface area contributed by atoms with Crippen LogP contribution in [0.2, 0.25) is 0 Å². The van der Waals surface area contributed by atoms with Crippen LogP contribution in [0.15, 0.2) is 60.7 Å². The molecule has 0 amide bonds. The summed E-state index contributed by atoms with van der Waals surface area (Å²) in [6, 6.07) is 19.6. The Morgan fingerprint density at radius 3 is 1.38 bits per heavy atom. The minimum atomic E-state index is -0.472. The SMILES string of the molecule is NCC(CN)OCc1ccccc1.OCC(CO)OCc1ccccc1. The Morgan fingerprint density at radius 2 is 1.04 bits per heavy atom. The highest BCUT2D eigenvalue weighted by molar-refractivity contribution is 5.14. The monoisotopic (exact) mass is 362 g/mol. The van der Waals surface area contributed by atoms with Crippen LogP contribution in [-0.2, 0) is 22.7 Å². The van der Waals surface area contributed by atoms with Crippen molar-refractivity contribution < 1.29 is 19.7 Å². The number of benzene rings is 2. The van der Waals surface area contributed by atoms with Crippen LogP contribution in [0.3, 0.4) is 0 Å². The molecule has 0 aliphatic rings. The lowest BCUT2D eigenvalue weighted by molar-refractivity contribution is -0.0284. The Bertz CT molecular complexity index is 495. The van der Waals surface area contributed by atoms with Gasteiger partial charge in [0.15, 0.2) is 0 Å². The van der Waals surface area contributed by atoms with Crippen molar-refractivity contribution in [1.29, 1.82) is 0 Å². The minimum Gasteiger partial charge on any atom is -0.394 e. The fourth-order valence-electron chi connectivity index (χ4n) is 1.97. The van der Waals surface area contributed by atoms with E-state index < -0.39 is 6.10 Å². The molecule has 6 nitrogen and oxygen atoms in total. The molecule has 6 heteroatoms. The van der Waals surface area contributed by atoms with Gasteiger partial charge >= 0.3 is 0 Å². The molecule has 0 unspecified atom stereocenters. The van der Waals surface area contributed by atoms with Crippen LogP contribution < -0.4 is 11.5 Å². The molecule has 6 N–H and O–H groups in total. The van der Waals surface area contributed by atoms with Gasteiger partial charge < -0.3 is 31.2 Å². The molecule has 2 aromatic carbocycles. The molecule has 2 rings (SSSR count). The minimum absolute atomic E-state index is 0.0276. The van der Waals surface area contributed by atoms with Crippen molar-refractivity contribution in [1.82, 2.24) is 0 Å². The largest absolute Gasteiger partial charge is 0.394 e. The molecule has 0 saturated heterocycles. The molecule has 0 spiro atoms. The third-order valence-electron chi connectivity index (χ3n) is 3.59. The molecule has 0 saturated carbocycles. The van der Waals surface area contributed by atoms with E-state index in [-0.39, 0.29) is 19.3 Å². The molecule has 0 radical (unpaired) electrons. The first-order valence-electron chi connectivity index (χ1n) is 8.66. The van der Waals surface area contributed by atoms with Crippen LogP contribution in [0, 0.1) is 0 Å². The zero-order valence-electron chi connectivity index (χ0n) is 15.0. The summed E-state index contributed by atoms with van der Waals surface area (Å²) >= 11 is 0. The number of hydrogen-bond acceptors (Lipinski definition) is 6. The van der Waals surface area contributed by atoms with E-state index in [0.717, 1.165) is 11.1 Å². The molecule has 26 heavy (non-hydrogen) atoms. The second-order valence-corrected chi connectivity index (χ2v) is 5.67. The standard InChI is InChI=1S/C10H16N2O.C10H14O3/c2*11-6-10(7-12)13-8-9-4-2-1-3-5-9/h1-5,10H,6-8,11-12H2;1-5,10-12H,6-8H2. The van der Waals surface area contributed by atoms with E-state index in [2.05, 4.69) is 0 Å². The third kappa shape index (κ3) is 9.62. The van der Waals surface area contributed by atoms with E-state index in [1.165, 1.54) is 0 Å². The second kappa shape index (κ2) is 14.4. The van der Waals surface area contributed by atoms with Crippen molar-refractivity contribution in [2.24, 2.45) is 11.5 Å². The van der Waals surface area contributed by atoms with Crippen LogP contribution >= 0.6 is 0 Å². The number of aliphatic hydroxyl groups is 2. The zero-order valence-corrected chi connectivity index (χ0v) is 15.0. The maximum Gasteiger partial charge on any atom is 0.104 e. The van der Waals surface area contributed by atoms with Crippen molar-refractivity contribution in [3.63, 3.8) is 0 Å². The van der Waals surface area contributed by atoms with Gasteiger partial charge in [-0.3, -0.25) is 0 Å². The van der Waals surface area contributed by atoms with Gasteiger partial charge in [0.2, 0.25) is 0 Å². The number of aliphatic hydroxyl groups excluding tert-OH is 2. The first-order valence-corrected chi connectivity index (χ1v) is 8.66. The summed E-state index contributed by atoms with van der Waals surface area (Å²) in [6.45, 7) is 1.66. The summed E-state index contributed by atoms with van der Waals surface area (Å²) in [4.78, 5) is 0. The quantitative estimate of drug-likeness (QED) is 0.503. The van der Waals surface area contributed by atoms with E-state index >= 15 is 0 Å². The predicted octanol–water partition coefficient (Wildman–Crippen LogP) is 1.05. The molecular formula is C20H30N2O4. The normalized spacial score (nSPS) is 10.7. The van der Waals surface area contributed by atoms with Crippen molar-refractivity contribution in [3.8, 4) is 0 Å². The number of nitrogens with two attached hydrogens (primary N) is 2. The van der Waals surface area contributed by atoms with Gasteiger partial charge in [-0.05, 0) is 11.1 Å². The van der Waals surface area contributed by atoms with E-state index in [0.29, 0.717) is 26.3 Å². The Morgan fingerprint density at radius 1 is 0.654 bits per heavy atom. The first kappa shape index (κ1) is 22.2. The average molecular weight is 362 g/mol. The van der Waals surface area contributed by atoms with Gasteiger partial charge in [0.1, 0.15) is 6.10 Å². The van der Waals surface area contributed by atoms with E-state index in [1.807, 2.05) is 60.7 Å². The maximum absolute atomic E-state index is 8.72. The fourth-order valence-corrected chi connectivity index (χ4v) is 1.97. The van der Waals surface area contributed by atoms with Gasteiger partial charge in [-0.25, -0.2) is 0 Å². The third-order valence-corrected chi connectivity index (χ3v) is 3.59. The second-order valence-electron chi connectivity index (χ2n) is 5.67. The lowest BCUT2D eigenvalue weighted by atomic mass is 10.2. The summed E-state index contributed by atoms with van der Waals surface area (Å²) in [7, 11) is 0. The van der Waals surface area contributed by atoms with Gasteiger partial charge in [-0.1, -0.05) is 60.7 Å². The smallest absolute Gasteiger partial charge is 0.104 e. The summed E-state index contributed by atoms with van der Waals surface area (Å²) in [5.74, 6) is 0. The molecule has 144 valence electrons. The van der Waals surface area contributed by atoms with E-state index in [1.54, 1.807) is 0 Å². The summed E-state index contributed by atoms with van der Waals surface area (Å²) in [5.41, 5.74) is 13.1. The van der Waals surface area contributed by atoms with Crippen LogP contribution in [0.4, 0.5) is 0 Å². The zero-order chi connectivity index (χ0) is 19.0. The summed E-state index contributed by atoms with van der Waals surface area (Å²) < 4.78 is 10.7. The highest BCUT2D eigenvalue weighted by atomic mass is 16.5. The van der Waals surface area contributed by atoms with Crippen LogP contribution in [-0.4, -0.2) is 48.7 Å².